The number of hydrogen-bond donors (Lipinski definition) is 1. The molecule has 1 aromatic rings. The fraction of sp³-hybridized carbons (Fsp3) is 0.571. The minimum Gasteiger partial charge on any atom is -0.349 e. The van der Waals surface area contributed by atoms with Gasteiger partial charge in [0.05, 0.1) is 5.56 Å². The van der Waals surface area contributed by atoms with Gasteiger partial charge in [-0.3, -0.25) is 0 Å². The molecule has 0 radical (unpaired) electrons. The van der Waals surface area contributed by atoms with Crippen molar-refractivity contribution in [1.82, 2.24) is 4.98 Å². The number of aromatic amines is 1. The molecule has 0 bridgehead atoms. The minimum atomic E-state index is -0.0187. The third-order valence-corrected chi connectivity index (χ3v) is 3.68. The van der Waals surface area contributed by atoms with Gasteiger partial charge in [0.2, 0.25) is 0 Å². The van der Waals surface area contributed by atoms with Gasteiger partial charge in [-0.2, -0.15) is 5.26 Å². The highest BCUT2D eigenvalue weighted by molar-refractivity contribution is 7.71. The van der Waals surface area contributed by atoms with Gasteiger partial charge in [0, 0.05) is 5.69 Å². The lowest BCUT2D eigenvalue weighted by Gasteiger charge is -2.28. The van der Waals surface area contributed by atoms with Crippen molar-refractivity contribution in [1.29, 1.82) is 5.26 Å². The van der Waals surface area contributed by atoms with E-state index in [4.69, 9.17) is 12.2 Å². The summed E-state index contributed by atoms with van der Waals surface area (Å²) in [7, 11) is 0. The summed E-state index contributed by atoms with van der Waals surface area (Å²) in [5.74, 6) is 0. The molecule has 0 fully saturated rings. The van der Waals surface area contributed by atoms with Gasteiger partial charge in [0.15, 0.2) is 0 Å². The quantitative estimate of drug-likeness (QED) is 0.707. The molecular weight excluding hydrogens is 228 g/mol. The lowest BCUT2D eigenvalue weighted by Crippen LogP contribution is -2.21. The van der Waals surface area contributed by atoms with Crippen molar-refractivity contribution < 1.29 is 0 Å². The van der Waals surface area contributed by atoms with Crippen molar-refractivity contribution in [2.45, 2.75) is 51.9 Å². The van der Waals surface area contributed by atoms with Crippen LogP contribution in [0, 0.1) is 16.0 Å². The molecule has 0 spiro atoms. The van der Waals surface area contributed by atoms with Gasteiger partial charge in [0.25, 0.3) is 0 Å². The van der Waals surface area contributed by atoms with E-state index in [2.05, 4.69) is 31.8 Å². The summed E-state index contributed by atoms with van der Waals surface area (Å²) >= 11 is 5.31. The van der Waals surface area contributed by atoms with E-state index in [1.54, 1.807) is 0 Å². The molecule has 1 aliphatic rings. The molecule has 2 nitrogen and oxygen atoms in total. The second kappa shape index (κ2) is 4.27. The van der Waals surface area contributed by atoms with Gasteiger partial charge in [0.1, 0.15) is 10.7 Å². The Balaban J connectivity index is 2.81. The maximum absolute atomic E-state index is 9.33. The number of rotatable bonds is 0. The van der Waals surface area contributed by atoms with E-state index in [0.717, 1.165) is 12.8 Å². The predicted molar refractivity (Wildman–Crippen MR) is 71.7 cm³/mol. The number of fused-ring (bicyclic) bond motifs is 1. The highest BCUT2D eigenvalue weighted by Gasteiger charge is 2.26. The average molecular weight is 246 g/mol. The normalized spacial score (nSPS) is 15.2. The largest absolute Gasteiger partial charge is 0.349 e. The molecular formula is C14H18N2S. The van der Waals surface area contributed by atoms with Crippen LogP contribution in [0.15, 0.2) is 0 Å². The molecule has 0 saturated carbocycles. The number of aromatic nitrogens is 1. The van der Waals surface area contributed by atoms with Crippen molar-refractivity contribution in [3.63, 3.8) is 0 Å². The molecule has 0 saturated heterocycles. The monoisotopic (exact) mass is 246 g/mol. The van der Waals surface area contributed by atoms with Gasteiger partial charge in [-0.15, -0.1) is 0 Å². The van der Waals surface area contributed by atoms with E-state index in [1.807, 2.05) is 0 Å². The summed E-state index contributed by atoms with van der Waals surface area (Å²) in [5.41, 5.74) is 4.42. The molecule has 0 aliphatic heterocycles. The molecule has 90 valence electrons. The van der Waals surface area contributed by atoms with Crippen LogP contribution in [0.1, 0.15) is 56.0 Å². The lowest BCUT2D eigenvalue weighted by atomic mass is 9.78. The Morgan fingerprint density at radius 2 is 1.88 bits per heavy atom. The first-order valence-electron chi connectivity index (χ1n) is 6.13. The number of nitriles is 1. The first-order chi connectivity index (χ1) is 7.95. The van der Waals surface area contributed by atoms with Crippen LogP contribution in [-0.2, 0) is 18.3 Å². The minimum absolute atomic E-state index is 0.0187. The van der Waals surface area contributed by atoms with Crippen molar-refractivity contribution >= 4 is 12.2 Å². The van der Waals surface area contributed by atoms with E-state index >= 15 is 0 Å². The standard InChI is InChI=1S/C14H18N2S/c1-14(2,3)12-9-6-4-5-7-11(9)16-13(17)10(12)8-15/h4-7H2,1-3H3,(H,16,17). The maximum atomic E-state index is 9.33. The van der Waals surface area contributed by atoms with Gasteiger partial charge >= 0.3 is 0 Å². The molecule has 0 amide bonds. The molecule has 1 aliphatic carbocycles. The van der Waals surface area contributed by atoms with E-state index in [1.165, 1.54) is 29.7 Å². The predicted octanol–water partition coefficient (Wildman–Crippen LogP) is 3.79. The summed E-state index contributed by atoms with van der Waals surface area (Å²) in [6.45, 7) is 6.48. The summed E-state index contributed by atoms with van der Waals surface area (Å²) in [6.07, 6.45) is 4.57. The van der Waals surface area contributed by atoms with E-state index < -0.39 is 0 Å². The Morgan fingerprint density at radius 3 is 2.47 bits per heavy atom. The Labute approximate surface area is 108 Å². The van der Waals surface area contributed by atoms with Crippen LogP contribution in [0.4, 0.5) is 0 Å². The second-order valence-electron chi connectivity index (χ2n) is 5.73. The summed E-state index contributed by atoms with van der Waals surface area (Å²) in [5, 5.41) is 9.33. The van der Waals surface area contributed by atoms with E-state index in [-0.39, 0.29) is 5.41 Å². The molecule has 0 aromatic carbocycles. The highest BCUT2D eigenvalue weighted by Crippen LogP contribution is 2.34. The Hall–Kier alpha value is -1.14. The fourth-order valence-electron chi connectivity index (χ4n) is 2.72. The molecule has 17 heavy (non-hydrogen) atoms. The third-order valence-electron chi connectivity index (χ3n) is 3.37. The number of H-pyrrole nitrogens is 1. The number of aryl methyl sites for hydroxylation is 1. The maximum Gasteiger partial charge on any atom is 0.121 e. The fourth-order valence-corrected chi connectivity index (χ4v) is 2.99. The zero-order chi connectivity index (χ0) is 12.6. The van der Waals surface area contributed by atoms with Crippen LogP contribution in [-0.4, -0.2) is 4.98 Å². The number of nitrogens with zero attached hydrogens (tertiary/aromatic N) is 1. The molecule has 2 rings (SSSR count). The molecule has 3 heteroatoms. The van der Waals surface area contributed by atoms with Crippen LogP contribution in [0.3, 0.4) is 0 Å². The number of pyridine rings is 1. The lowest BCUT2D eigenvalue weighted by molar-refractivity contribution is 0.560. The van der Waals surface area contributed by atoms with Crippen LogP contribution in [0.2, 0.25) is 0 Å². The van der Waals surface area contributed by atoms with Crippen molar-refractivity contribution in [2.75, 3.05) is 0 Å². The highest BCUT2D eigenvalue weighted by atomic mass is 32.1. The summed E-state index contributed by atoms with van der Waals surface area (Å²) < 4.78 is 0.609. The Bertz CT molecular complexity index is 541. The Morgan fingerprint density at radius 1 is 1.24 bits per heavy atom. The van der Waals surface area contributed by atoms with E-state index in [9.17, 15) is 5.26 Å². The van der Waals surface area contributed by atoms with Crippen LogP contribution in [0.5, 0.6) is 0 Å². The molecule has 0 atom stereocenters. The first-order valence-corrected chi connectivity index (χ1v) is 6.54. The number of nitrogens with one attached hydrogen (secondary N) is 1. The van der Waals surface area contributed by atoms with Crippen LogP contribution < -0.4 is 0 Å². The molecule has 1 heterocycles. The van der Waals surface area contributed by atoms with Gasteiger partial charge < -0.3 is 4.98 Å². The van der Waals surface area contributed by atoms with Gasteiger partial charge in [-0.05, 0) is 42.2 Å². The van der Waals surface area contributed by atoms with Crippen molar-refractivity contribution in [2.24, 2.45) is 0 Å². The van der Waals surface area contributed by atoms with E-state index in [0.29, 0.717) is 10.2 Å². The summed E-state index contributed by atoms with van der Waals surface area (Å²) in [4.78, 5) is 3.25. The van der Waals surface area contributed by atoms with Gasteiger partial charge in [-0.25, -0.2) is 0 Å². The van der Waals surface area contributed by atoms with Crippen molar-refractivity contribution in [3.8, 4) is 6.07 Å². The molecule has 1 aromatic heterocycles. The average Bonchev–Trinajstić information content (AvgIpc) is 2.25. The second-order valence-corrected chi connectivity index (χ2v) is 6.14. The van der Waals surface area contributed by atoms with Crippen LogP contribution >= 0.6 is 12.2 Å². The zero-order valence-electron chi connectivity index (χ0n) is 10.7. The Kier molecular flexibility index (Phi) is 3.09. The smallest absolute Gasteiger partial charge is 0.121 e. The summed E-state index contributed by atoms with van der Waals surface area (Å²) in [6, 6.07) is 2.29. The topological polar surface area (TPSA) is 39.6 Å². The van der Waals surface area contributed by atoms with Gasteiger partial charge in [-0.1, -0.05) is 33.0 Å². The van der Waals surface area contributed by atoms with Crippen molar-refractivity contribution in [3.05, 3.63) is 27.0 Å². The SMILES string of the molecule is CC(C)(C)c1c2c([nH]c(=S)c1C#N)CCCC2. The third kappa shape index (κ3) is 2.14. The zero-order valence-corrected chi connectivity index (χ0v) is 11.5. The number of hydrogen-bond acceptors (Lipinski definition) is 2. The first kappa shape index (κ1) is 12.3. The van der Waals surface area contributed by atoms with Crippen LogP contribution in [0.25, 0.3) is 0 Å². The molecule has 1 N–H and O–H groups in total. The molecule has 0 unspecified atom stereocenters.